The number of methoxy groups -OCH3 is 1. The van der Waals surface area contributed by atoms with E-state index in [0.717, 1.165) is 41.2 Å². The number of ether oxygens (including phenoxy) is 1. The maximum atomic E-state index is 11.7. The van der Waals surface area contributed by atoms with Gasteiger partial charge in [0.15, 0.2) is 11.6 Å². The fourth-order valence-electron chi connectivity index (χ4n) is 4.64. The van der Waals surface area contributed by atoms with Gasteiger partial charge in [0.1, 0.15) is 11.4 Å². The normalized spacial score (nSPS) is 17.8. The SMILES string of the molecule is COc1cc(/C=C/c2nc3n(n2)CCC[C@@]3(O)c2ccc(C(C)C)cc2)ccc1-n1cnc(C)c1. The third kappa shape index (κ3) is 4.39. The van der Waals surface area contributed by atoms with Gasteiger partial charge in [-0.1, -0.05) is 50.3 Å². The second-order valence-corrected chi connectivity index (χ2v) is 9.44. The number of hydrogen-bond acceptors (Lipinski definition) is 5. The van der Waals surface area contributed by atoms with Crippen LogP contribution in [-0.4, -0.2) is 36.5 Å². The van der Waals surface area contributed by atoms with Gasteiger partial charge in [-0.15, -0.1) is 0 Å². The first-order chi connectivity index (χ1) is 16.9. The standard InChI is InChI=1S/C28H31N5O2/c1-19(2)22-8-10-23(11-9-22)28(34)14-5-15-33-27(28)30-26(31-33)13-7-21-6-12-24(25(16-21)35-4)32-17-20(3)29-18-32/h6-13,16-19,34H,5,14-15H2,1-4H3/b13-7+/t28-/m1/s1. The zero-order chi connectivity index (χ0) is 24.6. The zero-order valence-corrected chi connectivity index (χ0v) is 20.6. The average molecular weight is 470 g/mol. The molecule has 180 valence electrons. The number of aliphatic hydroxyl groups is 1. The maximum Gasteiger partial charge on any atom is 0.174 e. The highest BCUT2D eigenvalue weighted by Crippen LogP contribution is 2.37. The van der Waals surface area contributed by atoms with Crippen LogP contribution in [0.25, 0.3) is 17.8 Å². The van der Waals surface area contributed by atoms with E-state index >= 15 is 0 Å². The molecule has 2 aromatic carbocycles. The first kappa shape index (κ1) is 23.1. The molecule has 0 saturated heterocycles. The van der Waals surface area contributed by atoms with Gasteiger partial charge in [-0.3, -0.25) is 0 Å². The molecule has 0 radical (unpaired) electrons. The summed E-state index contributed by atoms with van der Waals surface area (Å²) in [5.41, 5.74) is 3.82. The summed E-state index contributed by atoms with van der Waals surface area (Å²) in [6.45, 7) is 7.04. The number of fused-ring (bicyclic) bond motifs is 1. The second-order valence-electron chi connectivity index (χ2n) is 9.44. The van der Waals surface area contributed by atoms with Gasteiger partial charge in [0.05, 0.1) is 24.8 Å². The van der Waals surface area contributed by atoms with E-state index in [0.29, 0.717) is 24.0 Å². The monoisotopic (exact) mass is 469 g/mol. The summed E-state index contributed by atoms with van der Waals surface area (Å²) >= 11 is 0. The van der Waals surface area contributed by atoms with Crippen LogP contribution in [0.2, 0.25) is 0 Å². The molecule has 7 heteroatoms. The molecular formula is C28H31N5O2. The maximum absolute atomic E-state index is 11.7. The lowest BCUT2D eigenvalue weighted by atomic mass is 9.85. The zero-order valence-electron chi connectivity index (χ0n) is 20.6. The molecule has 2 aromatic heterocycles. The van der Waals surface area contributed by atoms with Crippen molar-refractivity contribution in [3.63, 3.8) is 0 Å². The lowest BCUT2D eigenvalue weighted by Crippen LogP contribution is -2.35. The van der Waals surface area contributed by atoms with Crippen molar-refractivity contribution < 1.29 is 9.84 Å². The Bertz CT molecular complexity index is 1370. The lowest BCUT2D eigenvalue weighted by molar-refractivity contribution is 0.0395. The molecule has 0 unspecified atom stereocenters. The molecule has 0 spiro atoms. The third-order valence-corrected chi connectivity index (χ3v) is 6.64. The number of aryl methyl sites for hydroxylation is 2. The largest absolute Gasteiger partial charge is 0.495 e. The van der Waals surface area contributed by atoms with Gasteiger partial charge in [-0.25, -0.2) is 14.6 Å². The molecule has 1 aliphatic rings. The Balaban J connectivity index is 1.42. The Kier molecular flexibility index (Phi) is 6.03. The van der Waals surface area contributed by atoms with Crippen LogP contribution in [-0.2, 0) is 12.1 Å². The molecule has 4 aromatic rings. The second kappa shape index (κ2) is 9.15. The minimum absolute atomic E-state index is 0.446. The topological polar surface area (TPSA) is 78.0 Å². The smallest absolute Gasteiger partial charge is 0.174 e. The van der Waals surface area contributed by atoms with Gasteiger partial charge in [0.2, 0.25) is 0 Å². The third-order valence-electron chi connectivity index (χ3n) is 6.64. The van der Waals surface area contributed by atoms with E-state index in [2.05, 4.69) is 36.1 Å². The van der Waals surface area contributed by atoms with Crippen molar-refractivity contribution in [3.05, 3.63) is 89.0 Å². The van der Waals surface area contributed by atoms with Crippen LogP contribution in [0.4, 0.5) is 0 Å². The van der Waals surface area contributed by atoms with Crippen molar-refractivity contribution in [1.29, 1.82) is 0 Å². The van der Waals surface area contributed by atoms with E-state index in [-0.39, 0.29) is 0 Å². The molecule has 0 aliphatic carbocycles. The summed E-state index contributed by atoms with van der Waals surface area (Å²) in [6.07, 6.45) is 9.05. The van der Waals surface area contributed by atoms with Crippen molar-refractivity contribution in [2.24, 2.45) is 0 Å². The molecule has 0 fully saturated rings. The Morgan fingerprint density at radius 2 is 1.91 bits per heavy atom. The molecule has 7 nitrogen and oxygen atoms in total. The van der Waals surface area contributed by atoms with Crippen molar-refractivity contribution in [1.82, 2.24) is 24.3 Å². The highest BCUT2D eigenvalue weighted by molar-refractivity contribution is 5.69. The Morgan fingerprint density at radius 3 is 2.60 bits per heavy atom. The fraction of sp³-hybridized carbons (Fsp3) is 0.321. The molecule has 0 saturated carbocycles. The molecular weight excluding hydrogens is 438 g/mol. The van der Waals surface area contributed by atoms with Gasteiger partial charge >= 0.3 is 0 Å². The first-order valence-corrected chi connectivity index (χ1v) is 12.0. The summed E-state index contributed by atoms with van der Waals surface area (Å²) in [5, 5.41) is 16.3. The van der Waals surface area contributed by atoms with E-state index in [1.165, 1.54) is 5.56 Å². The summed E-state index contributed by atoms with van der Waals surface area (Å²) < 4.78 is 9.40. The molecule has 35 heavy (non-hydrogen) atoms. The molecule has 5 rings (SSSR count). The Hall–Kier alpha value is -3.71. The van der Waals surface area contributed by atoms with Crippen LogP contribution in [0, 0.1) is 6.92 Å². The van der Waals surface area contributed by atoms with Gasteiger partial charge in [-0.2, -0.15) is 5.10 Å². The van der Waals surface area contributed by atoms with Crippen LogP contribution in [0.15, 0.2) is 55.0 Å². The summed E-state index contributed by atoms with van der Waals surface area (Å²) in [7, 11) is 1.66. The molecule has 1 N–H and O–H groups in total. The number of nitrogens with zero attached hydrogens (tertiary/aromatic N) is 5. The summed E-state index contributed by atoms with van der Waals surface area (Å²) in [6, 6.07) is 14.2. The van der Waals surface area contributed by atoms with E-state index in [9.17, 15) is 5.11 Å². The first-order valence-electron chi connectivity index (χ1n) is 12.0. The molecule has 0 amide bonds. The lowest BCUT2D eigenvalue weighted by Gasteiger charge is -2.32. The highest BCUT2D eigenvalue weighted by atomic mass is 16.5. The van der Waals surface area contributed by atoms with Crippen LogP contribution < -0.4 is 4.74 Å². The van der Waals surface area contributed by atoms with E-state index < -0.39 is 5.60 Å². The summed E-state index contributed by atoms with van der Waals surface area (Å²) in [5.74, 6) is 2.37. The van der Waals surface area contributed by atoms with Gasteiger partial charge in [-0.05, 0) is 60.6 Å². The van der Waals surface area contributed by atoms with E-state index in [1.807, 2.05) is 64.9 Å². The number of rotatable bonds is 6. The van der Waals surface area contributed by atoms with Crippen LogP contribution in [0.1, 0.15) is 66.6 Å². The quantitative estimate of drug-likeness (QED) is 0.425. The fourth-order valence-corrected chi connectivity index (χ4v) is 4.64. The van der Waals surface area contributed by atoms with Crippen molar-refractivity contribution in [3.8, 4) is 11.4 Å². The Labute approximate surface area is 205 Å². The predicted octanol–water partition coefficient (Wildman–Crippen LogP) is 5.10. The minimum Gasteiger partial charge on any atom is -0.495 e. The van der Waals surface area contributed by atoms with Crippen molar-refractivity contribution in [2.45, 2.75) is 51.7 Å². The molecule has 1 atom stereocenters. The number of aromatic nitrogens is 5. The molecule has 3 heterocycles. The van der Waals surface area contributed by atoms with Gasteiger partial charge < -0.3 is 14.4 Å². The van der Waals surface area contributed by atoms with Crippen LogP contribution in [0.3, 0.4) is 0 Å². The number of benzene rings is 2. The van der Waals surface area contributed by atoms with Gasteiger partial charge in [0.25, 0.3) is 0 Å². The Morgan fingerprint density at radius 1 is 1.11 bits per heavy atom. The minimum atomic E-state index is -1.14. The van der Waals surface area contributed by atoms with Crippen molar-refractivity contribution in [2.75, 3.05) is 7.11 Å². The van der Waals surface area contributed by atoms with E-state index in [1.54, 1.807) is 13.4 Å². The molecule has 0 bridgehead atoms. The van der Waals surface area contributed by atoms with Crippen molar-refractivity contribution >= 4 is 12.2 Å². The number of imidazole rings is 1. The van der Waals surface area contributed by atoms with Crippen LogP contribution >= 0.6 is 0 Å². The van der Waals surface area contributed by atoms with Crippen LogP contribution in [0.5, 0.6) is 5.75 Å². The van der Waals surface area contributed by atoms with E-state index in [4.69, 9.17) is 9.72 Å². The molecule has 1 aliphatic heterocycles. The average Bonchev–Trinajstić information content (AvgIpc) is 3.49. The van der Waals surface area contributed by atoms with Gasteiger partial charge in [0, 0.05) is 12.7 Å². The predicted molar refractivity (Wildman–Crippen MR) is 137 cm³/mol. The summed E-state index contributed by atoms with van der Waals surface area (Å²) in [4.78, 5) is 9.03. The number of hydrogen-bond donors (Lipinski definition) is 1. The highest BCUT2D eigenvalue weighted by Gasteiger charge is 2.39.